The maximum Gasteiger partial charge on any atom is 0.338 e. The minimum Gasteiger partial charge on any atom is -0.496 e. The lowest BCUT2D eigenvalue weighted by atomic mass is 9.93. The molecule has 2 aliphatic rings. The molecule has 2 aromatic carbocycles. The number of nitrogens with one attached hydrogen (secondary N) is 1. The summed E-state index contributed by atoms with van der Waals surface area (Å²) >= 11 is 5.95. The second-order valence-corrected chi connectivity index (χ2v) is 9.28. The van der Waals surface area contributed by atoms with Gasteiger partial charge in [0, 0.05) is 61.6 Å². The van der Waals surface area contributed by atoms with Crippen LogP contribution in [0.4, 0.5) is 4.79 Å². The number of piperazine rings is 1. The van der Waals surface area contributed by atoms with Crippen LogP contribution in [0.2, 0.25) is 5.02 Å². The van der Waals surface area contributed by atoms with E-state index < -0.39 is 12.0 Å². The van der Waals surface area contributed by atoms with E-state index in [-0.39, 0.29) is 18.5 Å². The van der Waals surface area contributed by atoms with Crippen molar-refractivity contribution in [3.63, 3.8) is 0 Å². The fourth-order valence-corrected chi connectivity index (χ4v) is 4.76. The number of nitrogens with zero attached hydrogens (tertiary/aromatic N) is 3. The largest absolute Gasteiger partial charge is 0.496 e. The van der Waals surface area contributed by atoms with Gasteiger partial charge in [-0.1, -0.05) is 29.8 Å². The molecule has 196 valence electrons. The Morgan fingerprint density at radius 3 is 2.38 bits per heavy atom. The zero-order valence-corrected chi connectivity index (χ0v) is 22.0. The lowest BCUT2D eigenvalue weighted by Gasteiger charge is -2.39. The van der Waals surface area contributed by atoms with Crippen molar-refractivity contribution in [3.8, 4) is 5.75 Å². The van der Waals surface area contributed by atoms with Crippen LogP contribution in [0.25, 0.3) is 0 Å². The van der Waals surface area contributed by atoms with Crippen molar-refractivity contribution < 1.29 is 23.9 Å². The average molecular weight is 527 g/mol. The molecule has 0 aromatic heterocycles. The molecule has 0 bridgehead atoms. The summed E-state index contributed by atoms with van der Waals surface area (Å²) in [5.74, 6) is 0.0257. The van der Waals surface area contributed by atoms with Gasteiger partial charge in [0.25, 0.3) is 5.91 Å². The van der Waals surface area contributed by atoms with Gasteiger partial charge in [0.2, 0.25) is 0 Å². The SMILES string of the molecule is CCOC(=O)C1=C(CN2CCN(C(=O)c3ccc(Cl)cc3)CC2)N(C)C(=O)NC1c1ccccc1OC. The minimum absolute atomic E-state index is 0.0480. The van der Waals surface area contributed by atoms with E-state index in [4.69, 9.17) is 21.1 Å². The third-order valence-electron chi connectivity index (χ3n) is 6.65. The molecule has 37 heavy (non-hydrogen) atoms. The van der Waals surface area contributed by atoms with E-state index in [9.17, 15) is 14.4 Å². The van der Waals surface area contributed by atoms with Crippen LogP contribution in [-0.4, -0.2) is 86.1 Å². The van der Waals surface area contributed by atoms with E-state index in [2.05, 4.69) is 10.2 Å². The molecule has 2 aromatic rings. The van der Waals surface area contributed by atoms with Crippen LogP contribution in [-0.2, 0) is 9.53 Å². The van der Waals surface area contributed by atoms with Gasteiger partial charge in [-0.15, -0.1) is 0 Å². The Morgan fingerprint density at radius 1 is 1.05 bits per heavy atom. The highest BCUT2D eigenvalue weighted by Gasteiger charge is 2.38. The first-order valence-corrected chi connectivity index (χ1v) is 12.6. The summed E-state index contributed by atoms with van der Waals surface area (Å²) in [7, 11) is 3.19. The first-order valence-electron chi connectivity index (χ1n) is 12.2. The summed E-state index contributed by atoms with van der Waals surface area (Å²) < 4.78 is 10.9. The first-order chi connectivity index (χ1) is 17.8. The molecule has 0 spiro atoms. The number of hydrogen-bond acceptors (Lipinski definition) is 6. The number of hydrogen-bond donors (Lipinski definition) is 1. The Morgan fingerprint density at radius 2 is 1.73 bits per heavy atom. The van der Waals surface area contributed by atoms with Gasteiger partial charge in [0.1, 0.15) is 5.75 Å². The maximum atomic E-state index is 13.2. The number of rotatable bonds is 7. The Balaban J connectivity index is 1.58. The van der Waals surface area contributed by atoms with Crippen molar-refractivity contribution in [1.29, 1.82) is 0 Å². The monoisotopic (exact) mass is 526 g/mol. The lowest BCUT2D eigenvalue weighted by Crippen LogP contribution is -2.53. The molecule has 2 aliphatic heterocycles. The topological polar surface area (TPSA) is 91.4 Å². The summed E-state index contributed by atoms with van der Waals surface area (Å²) in [4.78, 5) is 44.5. The molecule has 4 rings (SSSR count). The fraction of sp³-hybridized carbons (Fsp3) is 0.370. The molecule has 1 N–H and O–H groups in total. The van der Waals surface area contributed by atoms with Crippen molar-refractivity contribution in [2.24, 2.45) is 0 Å². The summed E-state index contributed by atoms with van der Waals surface area (Å²) in [5, 5.41) is 3.51. The van der Waals surface area contributed by atoms with Gasteiger partial charge in [-0.05, 0) is 37.3 Å². The van der Waals surface area contributed by atoms with E-state index in [1.807, 2.05) is 18.2 Å². The summed E-state index contributed by atoms with van der Waals surface area (Å²) in [6.45, 7) is 4.54. The van der Waals surface area contributed by atoms with Gasteiger partial charge in [0.15, 0.2) is 0 Å². The number of halogens is 1. The molecule has 1 atom stereocenters. The zero-order valence-electron chi connectivity index (χ0n) is 21.2. The second-order valence-electron chi connectivity index (χ2n) is 8.84. The number of carbonyl (C=O) groups is 3. The van der Waals surface area contributed by atoms with E-state index in [0.29, 0.717) is 65.9 Å². The first kappa shape index (κ1) is 26.5. The van der Waals surface area contributed by atoms with Crippen molar-refractivity contribution in [3.05, 3.63) is 76.0 Å². The van der Waals surface area contributed by atoms with E-state index >= 15 is 0 Å². The van der Waals surface area contributed by atoms with E-state index in [1.54, 1.807) is 56.3 Å². The van der Waals surface area contributed by atoms with Crippen LogP contribution >= 0.6 is 11.6 Å². The number of benzene rings is 2. The average Bonchev–Trinajstić information content (AvgIpc) is 2.91. The smallest absolute Gasteiger partial charge is 0.338 e. The highest BCUT2D eigenvalue weighted by molar-refractivity contribution is 6.30. The van der Waals surface area contributed by atoms with Crippen molar-refractivity contribution in [2.45, 2.75) is 13.0 Å². The molecule has 10 heteroatoms. The predicted molar refractivity (Wildman–Crippen MR) is 139 cm³/mol. The van der Waals surface area contributed by atoms with Crippen LogP contribution in [0.15, 0.2) is 59.8 Å². The molecule has 2 heterocycles. The summed E-state index contributed by atoms with van der Waals surface area (Å²) in [6.07, 6.45) is 0. The molecular weight excluding hydrogens is 496 g/mol. The summed E-state index contributed by atoms with van der Waals surface area (Å²) in [6, 6.07) is 13.1. The third-order valence-corrected chi connectivity index (χ3v) is 6.90. The van der Waals surface area contributed by atoms with Crippen LogP contribution < -0.4 is 10.1 Å². The van der Waals surface area contributed by atoms with Crippen LogP contribution in [0.5, 0.6) is 5.75 Å². The molecule has 1 saturated heterocycles. The molecule has 0 saturated carbocycles. The quantitative estimate of drug-likeness (QED) is 0.557. The van der Waals surface area contributed by atoms with Crippen LogP contribution in [0.3, 0.4) is 0 Å². The number of esters is 1. The number of urea groups is 1. The minimum atomic E-state index is -0.721. The number of methoxy groups -OCH3 is 1. The van der Waals surface area contributed by atoms with Crippen molar-refractivity contribution in [1.82, 2.24) is 20.0 Å². The van der Waals surface area contributed by atoms with Gasteiger partial charge < -0.3 is 19.7 Å². The zero-order chi connectivity index (χ0) is 26.5. The Bertz CT molecular complexity index is 1190. The normalized spacial score (nSPS) is 18.5. The Kier molecular flexibility index (Phi) is 8.35. The number of carbonyl (C=O) groups excluding carboxylic acids is 3. The van der Waals surface area contributed by atoms with Crippen molar-refractivity contribution in [2.75, 3.05) is 53.5 Å². The molecule has 3 amide bonds. The predicted octanol–water partition coefficient (Wildman–Crippen LogP) is 3.32. The number of para-hydroxylation sites is 1. The Labute approximate surface area is 221 Å². The highest BCUT2D eigenvalue weighted by atomic mass is 35.5. The maximum absolute atomic E-state index is 13.2. The molecule has 1 unspecified atom stereocenters. The molecule has 9 nitrogen and oxygen atoms in total. The molecule has 1 fully saturated rings. The van der Waals surface area contributed by atoms with Crippen LogP contribution in [0.1, 0.15) is 28.9 Å². The standard InChI is InChI=1S/C27H31ClN4O5/c1-4-37-26(34)23-21(30(2)27(35)29-24(23)20-7-5-6-8-22(20)36-3)17-31-13-15-32(16-14-31)25(33)18-9-11-19(28)12-10-18/h5-12,24H,4,13-17H2,1-3H3,(H,29,35). The Hall–Kier alpha value is -3.56. The van der Waals surface area contributed by atoms with Gasteiger partial charge in [-0.3, -0.25) is 14.6 Å². The number of ether oxygens (including phenoxy) is 2. The number of likely N-dealkylation sites (N-methyl/N-ethyl adjacent to an activating group) is 1. The van der Waals surface area contributed by atoms with Crippen LogP contribution in [0, 0.1) is 0 Å². The van der Waals surface area contributed by atoms with E-state index in [0.717, 1.165) is 0 Å². The van der Waals surface area contributed by atoms with Gasteiger partial charge in [0.05, 0.1) is 25.3 Å². The number of amides is 3. The third kappa shape index (κ3) is 5.73. The van der Waals surface area contributed by atoms with E-state index in [1.165, 1.54) is 4.90 Å². The van der Waals surface area contributed by atoms with Gasteiger partial charge in [-0.25, -0.2) is 9.59 Å². The fourth-order valence-electron chi connectivity index (χ4n) is 4.63. The highest BCUT2D eigenvalue weighted by Crippen LogP contribution is 2.36. The van der Waals surface area contributed by atoms with Crippen molar-refractivity contribution >= 4 is 29.5 Å². The molecule has 0 radical (unpaired) electrons. The van der Waals surface area contributed by atoms with Gasteiger partial charge in [-0.2, -0.15) is 0 Å². The molecule has 0 aliphatic carbocycles. The second kappa shape index (κ2) is 11.7. The van der Waals surface area contributed by atoms with Gasteiger partial charge >= 0.3 is 12.0 Å². The molecular formula is C27H31ClN4O5. The summed E-state index contributed by atoms with van der Waals surface area (Å²) in [5.41, 5.74) is 2.20. The lowest BCUT2D eigenvalue weighted by molar-refractivity contribution is -0.139.